The first-order valence-corrected chi connectivity index (χ1v) is 6.44. The van der Waals surface area contributed by atoms with Gasteiger partial charge in [0.2, 0.25) is 0 Å². The summed E-state index contributed by atoms with van der Waals surface area (Å²) in [5.41, 5.74) is 5.49. The minimum atomic E-state index is 0.736. The van der Waals surface area contributed by atoms with E-state index in [1.165, 1.54) is 25.7 Å². The van der Waals surface area contributed by atoms with Gasteiger partial charge in [0, 0.05) is 25.6 Å². The van der Waals surface area contributed by atoms with Gasteiger partial charge in [-0.1, -0.05) is 12.8 Å². The highest BCUT2D eigenvalue weighted by Gasteiger charge is 2.12. The SMILES string of the molecule is NCCCc1ccc(N2CCCCCC2)o1. The molecule has 0 atom stereocenters. The van der Waals surface area contributed by atoms with Crippen LogP contribution in [0.15, 0.2) is 16.5 Å². The van der Waals surface area contributed by atoms with Crippen LogP contribution in [0.3, 0.4) is 0 Å². The van der Waals surface area contributed by atoms with Crippen LogP contribution in [0.25, 0.3) is 0 Å². The Morgan fingerprint density at radius 1 is 1.12 bits per heavy atom. The second-order valence-electron chi connectivity index (χ2n) is 4.53. The van der Waals surface area contributed by atoms with Gasteiger partial charge in [0.1, 0.15) is 5.76 Å². The first kappa shape index (κ1) is 11.5. The molecular weight excluding hydrogens is 200 g/mol. The summed E-state index contributed by atoms with van der Waals surface area (Å²) in [6, 6.07) is 4.20. The minimum absolute atomic E-state index is 0.736. The third-order valence-electron chi connectivity index (χ3n) is 3.19. The highest BCUT2D eigenvalue weighted by Crippen LogP contribution is 2.22. The molecule has 0 radical (unpaired) electrons. The van der Waals surface area contributed by atoms with E-state index in [1.807, 2.05) is 0 Å². The van der Waals surface area contributed by atoms with Crippen molar-refractivity contribution in [2.75, 3.05) is 24.5 Å². The molecule has 1 aromatic heterocycles. The lowest BCUT2D eigenvalue weighted by molar-refractivity contribution is 0.492. The highest BCUT2D eigenvalue weighted by molar-refractivity contribution is 5.36. The van der Waals surface area contributed by atoms with Gasteiger partial charge < -0.3 is 15.1 Å². The van der Waals surface area contributed by atoms with Crippen molar-refractivity contribution in [3.05, 3.63) is 17.9 Å². The summed E-state index contributed by atoms with van der Waals surface area (Å²) in [7, 11) is 0. The summed E-state index contributed by atoms with van der Waals surface area (Å²) in [6.45, 7) is 3.02. The minimum Gasteiger partial charge on any atom is -0.446 e. The molecule has 3 heteroatoms. The van der Waals surface area contributed by atoms with E-state index in [0.29, 0.717) is 0 Å². The number of hydrogen-bond acceptors (Lipinski definition) is 3. The van der Waals surface area contributed by atoms with Crippen molar-refractivity contribution in [1.82, 2.24) is 0 Å². The molecule has 2 rings (SSSR count). The third-order valence-corrected chi connectivity index (χ3v) is 3.19. The van der Waals surface area contributed by atoms with Gasteiger partial charge in [0.25, 0.3) is 0 Å². The van der Waals surface area contributed by atoms with Gasteiger partial charge in [-0.2, -0.15) is 0 Å². The molecule has 0 saturated carbocycles. The molecule has 16 heavy (non-hydrogen) atoms. The molecule has 1 fully saturated rings. The van der Waals surface area contributed by atoms with Crippen molar-refractivity contribution in [3.63, 3.8) is 0 Å². The van der Waals surface area contributed by atoms with Crippen LogP contribution >= 0.6 is 0 Å². The van der Waals surface area contributed by atoms with Gasteiger partial charge in [0.15, 0.2) is 5.88 Å². The van der Waals surface area contributed by atoms with E-state index in [0.717, 1.165) is 44.1 Å². The van der Waals surface area contributed by atoms with Crippen LogP contribution in [0.2, 0.25) is 0 Å². The van der Waals surface area contributed by atoms with Crippen LogP contribution in [0.1, 0.15) is 37.9 Å². The molecule has 1 aromatic rings. The Labute approximate surface area is 97.6 Å². The molecule has 1 aliphatic heterocycles. The van der Waals surface area contributed by atoms with E-state index in [1.54, 1.807) is 0 Å². The second-order valence-corrected chi connectivity index (χ2v) is 4.53. The zero-order valence-electron chi connectivity index (χ0n) is 9.95. The Kier molecular flexibility index (Phi) is 4.28. The fourth-order valence-corrected chi connectivity index (χ4v) is 2.24. The van der Waals surface area contributed by atoms with Crippen LogP contribution < -0.4 is 10.6 Å². The maximum atomic E-state index is 5.85. The Morgan fingerprint density at radius 2 is 1.88 bits per heavy atom. The molecule has 0 aliphatic carbocycles. The maximum absolute atomic E-state index is 5.85. The van der Waals surface area contributed by atoms with E-state index in [4.69, 9.17) is 10.2 Å². The predicted octanol–water partition coefficient (Wildman–Crippen LogP) is 2.55. The zero-order valence-corrected chi connectivity index (χ0v) is 9.95. The van der Waals surface area contributed by atoms with E-state index in [9.17, 15) is 0 Å². The van der Waals surface area contributed by atoms with Crippen molar-refractivity contribution in [2.24, 2.45) is 5.73 Å². The number of aryl methyl sites for hydroxylation is 1. The summed E-state index contributed by atoms with van der Waals surface area (Å²) in [5.74, 6) is 2.12. The fraction of sp³-hybridized carbons (Fsp3) is 0.692. The van der Waals surface area contributed by atoms with Gasteiger partial charge >= 0.3 is 0 Å². The number of furan rings is 1. The molecule has 1 aliphatic rings. The summed E-state index contributed by atoms with van der Waals surface area (Å²) < 4.78 is 5.85. The summed E-state index contributed by atoms with van der Waals surface area (Å²) in [5, 5.41) is 0. The highest BCUT2D eigenvalue weighted by atomic mass is 16.4. The lowest BCUT2D eigenvalue weighted by Crippen LogP contribution is -2.23. The Balaban J connectivity index is 1.94. The summed E-state index contributed by atoms with van der Waals surface area (Å²) in [6.07, 6.45) is 7.27. The van der Waals surface area contributed by atoms with E-state index >= 15 is 0 Å². The van der Waals surface area contributed by atoms with E-state index < -0.39 is 0 Å². The second kappa shape index (κ2) is 5.94. The van der Waals surface area contributed by atoms with Crippen LogP contribution in [-0.4, -0.2) is 19.6 Å². The first-order chi connectivity index (χ1) is 7.90. The lowest BCUT2D eigenvalue weighted by Gasteiger charge is -2.18. The maximum Gasteiger partial charge on any atom is 0.195 e. The van der Waals surface area contributed by atoms with Gasteiger partial charge in [0.05, 0.1) is 0 Å². The average molecular weight is 222 g/mol. The first-order valence-electron chi connectivity index (χ1n) is 6.44. The average Bonchev–Trinajstić information content (AvgIpc) is 2.60. The molecule has 2 heterocycles. The number of hydrogen-bond donors (Lipinski definition) is 1. The van der Waals surface area contributed by atoms with Crippen LogP contribution in [-0.2, 0) is 6.42 Å². The van der Waals surface area contributed by atoms with Crippen molar-refractivity contribution >= 4 is 5.88 Å². The van der Waals surface area contributed by atoms with Gasteiger partial charge in [-0.15, -0.1) is 0 Å². The Bertz CT molecular complexity index is 301. The third kappa shape index (κ3) is 3.01. The largest absolute Gasteiger partial charge is 0.446 e. The Hall–Kier alpha value is -0.960. The Morgan fingerprint density at radius 3 is 2.56 bits per heavy atom. The monoisotopic (exact) mass is 222 g/mol. The molecule has 0 amide bonds. The van der Waals surface area contributed by atoms with Crippen LogP contribution in [0.5, 0.6) is 0 Å². The van der Waals surface area contributed by atoms with Crippen molar-refractivity contribution in [3.8, 4) is 0 Å². The van der Waals surface area contributed by atoms with Crippen molar-refractivity contribution in [1.29, 1.82) is 0 Å². The van der Waals surface area contributed by atoms with Crippen molar-refractivity contribution in [2.45, 2.75) is 38.5 Å². The molecule has 1 saturated heterocycles. The van der Waals surface area contributed by atoms with E-state index in [2.05, 4.69) is 17.0 Å². The van der Waals surface area contributed by atoms with Crippen molar-refractivity contribution < 1.29 is 4.42 Å². The number of nitrogens with zero attached hydrogens (tertiary/aromatic N) is 1. The standard InChI is InChI=1S/C13H22N2O/c14-9-5-6-12-7-8-13(16-12)15-10-3-1-2-4-11-15/h7-8H,1-6,9-11,14H2. The quantitative estimate of drug-likeness (QED) is 0.851. The molecular formula is C13H22N2O. The zero-order chi connectivity index (χ0) is 11.2. The smallest absolute Gasteiger partial charge is 0.195 e. The number of nitrogens with two attached hydrogens (primary N) is 1. The van der Waals surface area contributed by atoms with Gasteiger partial charge in [-0.05, 0) is 31.9 Å². The molecule has 0 bridgehead atoms. The number of rotatable bonds is 4. The van der Waals surface area contributed by atoms with Gasteiger partial charge in [-0.25, -0.2) is 0 Å². The predicted molar refractivity (Wildman–Crippen MR) is 66.8 cm³/mol. The lowest BCUT2D eigenvalue weighted by atomic mass is 10.2. The molecule has 2 N–H and O–H groups in total. The number of anilines is 1. The normalized spacial score (nSPS) is 17.4. The summed E-state index contributed by atoms with van der Waals surface area (Å²) >= 11 is 0. The van der Waals surface area contributed by atoms with Crippen LogP contribution in [0, 0.1) is 0 Å². The van der Waals surface area contributed by atoms with E-state index in [-0.39, 0.29) is 0 Å². The van der Waals surface area contributed by atoms with Gasteiger partial charge in [-0.3, -0.25) is 0 Å². The molecule has 0 unspecified atom stereocenters. The van der Waals surface area contributed by atoms with Crippen LogP contribution in [0.4, 0.5) is 5.88 Å². The molecule has 0 spiro atoms. The molecule has 0 aromatic carbocycles. The fourth-order valence-electron chi connectivity index (χ4n) is 2.24. The summed E-state index contributed by atoms with van der Waals surface area (Å²) in [4.78, 5) is 2.37. The molecule has 3 nitrogen and oxygen atoms in total. The topological polar surface area (TPSA) is 42.4 Å². The molecule has 90 valence electrons.